The third-order valence-electron chi connectivity index (χ3n) is 6.39. The number of amides is 2. The maximum atomic E-state index is 12.2. The van der Waals surface area contributed by atoms with Gasteiger partial charge in [0.2, 0.25) is 5.91 Å². The summed E-state index contributed by atoms with van der Waals surface area (Å²) in [5.41, 5.74) is 2.71. The van der Waals surface area contributed by atoms with Gasteiger partial charge in [-0.25, -0.2) is 0 Å². The first kappa shape index (κ1) is 21.3. The van der Waals surface area contributed by atoms with Crippen molar-refractivity contribution in [3.8, 4) is 5.75 Å². The Morgan fingerprint density at radius 1 is 1.13 bits per heavy atom. The highest BCUT2D eigenvalue weighted by molar-refractivity contribution is 5.96. The van der Waals surface area contributed by atoms with Crippen molar-refractivity contribution in [1.82, 2.24) is 20.5 Å². The molecule has 31 heavy (non-hydrogen) atoms. The van der Waals surface area contributed by atoms with Gasteiger partial charge in [0, 0.05) is 30.9 Å². The number of carbonyl (C=O) groups is 2. The fraction of sp³-hybridized carbons (Fsp3) is 0.458. The second kappa shape index (κ2) is 9.47. The van der Waals surface area contributed by atoms with Gasteiger partial charge in [0.05, 0.1) is 18.8 Å². The van der Waals surface area contributed by atoms with E-state index in [4.69, 9.17) is 0 Å². The van der Waals surface area contributed by atoms with Gasteiger partial charge in [-0.05, 0) is 62.3 Å². The molecule has 2 heterocycles. The SMILES string of the molecule is Cc1cccc(C(=O)NCC(=O)NC2CN([C@H]3CC[C@@H](c4cncc(O)c4)CC3)C2)c1. The van der Waals surface area contributed by atoms with Crippen molar-refractivity contribution in [2.75, 3.05) is 19.6 Å². The Labute approximate surface area is 182 Å². The molecule has 7 nitrogen and oxygen atoms in total. The number of rotatable bonds is 6. The van der Waals surface area contributed by atoms with E-state index in [9.17, 15) is 14.7 Å². The van der Waals surface area contributed by atoms with Gasteiger partial charge in [0.25, 0.3) is 5.91 Å². The molecule has 0 unspecified atom stereocenters. The minimum atomic E-state index is -0.229. The maximum Gasteiger partial charge on any atom is 0.251 e. The van der Waals surface area contributed by atoms with Crippen LogP contribution in [0.15, 0.2) is 42.7 Å². The first-order chi connectivity index (χ1) is 15.0. The lowest BCUT2D eigenvalue weighted by Gasteiger charge is -2.46. The highest BCUT2D eigenvalue weighted by atomic mass is 16.3. The molecule has 1 aliphatic carbocycles. The topological polar surface area (TPSA) is 94.6 Å². The zero-order chi connectivity index (χ0) is 21.8. The number of hydrogen-bond donors (Lipinski definition) is 3. The lowest BCUT2D eigenvalue weighted by molar-refractivity contribution is -0.122. The Morgan fingerprint density at radius 3 is 2.61 bits per heavy atom. The number of hydrogen-bond acceptors (Lipinski definition) is 5. The van der Waals surface area contributed by atoms with Crippen LogP contribution < -0.4 is 10.6 Å². The van der Waals surface area contributed by atoms with E-state index in [1.54, 1.807) is 6.07 Å². The number of aromatic hydroxyl groups is 1. The third kappa shape index (κ3) is 5.41. The van der Waals surface area contributed by atoms with Gasteiger partial charge in [-0.2, -0.15) is 0 Å². The number of nitrogens with one attached hydrogen (secondary N) is 2. The standard InChI is InChI=1S/C24H30N4O3/c1-16-3-2-4-18(9-16)24(31)26-13-23(30)27-20-14-28(15-20)21-7-5-17(6-8-21)19-10-22(29)12-25-11-19/h2-4,9-12,17,20-21,29H,5-8,13-15H2,1H3,(H,26,31)(H,27,30)/t17-,21+. The van der Waals surface area contributed by atoms with E-state index in [1.165, 1.54) is 6.20 Å². The molecule has 1 aromatic carbocycles. The molecule has 0 spiro atoms. The van der Waals surface area contributed by atoms with E-state index in [0.29, 0.717) is 17.5 Å². The third-order valence-corrected chi connectivity index (χ3v) is 6.39. The quantitative estimate of drug-likeness (QED) is 0.664. The minimum Gasteiger partial charge on any atom is -0.506 e. The molecule has 1 saturated carbocycles. The molecule has 1 aliphatic heterocycles. The van der Waals surface area contributed by atoms with E-state index < -0.39 is 0 Å². The number of aryl methyl sites for hydroxylation is 1. The van der Waals surface area contributed by atoms with Crippen LogP contribution in [0, 0.1) is 6.92 Å². The Hall–Kier alpha value is -2.93. The molecule has 2 aromatic rings. The average Bonchev–Trinajstić information content (AvgIpc) is 2.74. The molecule has 4 rings (SSSR count). The highest BCUT2D eigenvalue weighted by Gasteiger charge is 2.35. The molecule has 2 amide bonds. The Balaban J connectivity index is 1.15. The summed E-state index contributed by atoms with van der Waals surface area (Å²) in [6.07, 6.45) is 7.75. The van der Waals surface area contributed by atoms with Crippen LogP contribution in [0.25, 0.3) is 0 Å². The van der Waals surface area contributed by atoms with Crippen LogP contribution in [0.4, 0.5) is 0 Å². The number of nitrogens with zero attached hydrogens (tertiary/aromatic N) is 2. The number of likely N-dealkylation sites (tertiary alicyclic amines) is 1. The van der Waals surface area contributed by atoms with E-state index >= 15 is 0 Å². The van der Waals surface area contributed by atoms with Crippen molar-refractivity contribution in [1.29, 1.82) is 0 Å². The number of benzene rings is 1. The summed E-state index contributed by atoms with van der Waals surface area (Å²) < 4.78 is 0. The number of pyridine rings is 1. The summed E-state index contributed by atoms with van der Waals surface area (Å²) in [5.74, 6) is 0.319. The molecule has 0 radical (unpaired) electrons. The van der Waals surface area contributed by atoms with Gasteiger partial charge >= 0.3 is 0 Å². The first-order valence-corrected chi connectivity index (χ1v) is 11.0. The second-order valence-electron chi connectivity index (χ2n) is 8.75. The van der Waals surface area contributed by atoms with Gasteiger partial charge in [0.1, 0.15) is 5.75 Å². The number of carbonyl (C=O) groups excluding carboxylic acids is 2. The Bertz CT molecular complexity index is 934. The monoisotopic (exact) mass is 422 g/mol. The molecule has 7 heteroatoms. The van der Waals surface area contributed by atoms with Crippen LogP contribution in [0.3, 0.4) is 0 Å². The van der Waals surface area contributed by atoms with Crippen LogP contribution in [-0.2, 0) is 4.79 Å². The van der Waals surface area contributed by atoms with Gasteiger partial charge in [-0.3, -0.25) is 19.5 Å². The van der Waals surface area contributed by atoms with Gasteiger partial charge in [-0.1, -0.05) is 17.7 Å². The zero-order valence-corrected chi connectivity index (χ0v) is 17.9. The summed E-state index contributed by atoms with van der Waals surface area (Å²) in [4.78, 5) is 30.9. The van der Waals surface area contributed by atoms with Crippen LogP contribution in [-0.4, -0.2) is 58.5 Å². The van der Waals surface area contributed by atoms with Gasteiger partial charge in [0.15, 0.2) is 0 Å². The van der Waals surface area contributed by atoms with Crippen molar-refractivity contribution in [3.05, 3.63) is 59.4 Å². The molecule has 0 atom stereocenters. The van der Waals surface area contributed by atoms with Crippen molar-refractivity contribution in [3.63, 3.8) is 0 Å². The predicted molar refractivity (Wildman–Crippen MR) is 118 cm³/mol. The maximum absolute atomic E-state index is 12.2. The lowest BCUT2D eigenvalue weighted by Crippen LogP contribution is -2.63. The summed E-state index contributed by atoms with van der Waals surface area (Å²) in [7, 11) is 0. The van der Waals surface area contributed by atoms with Crippen LogP contribution in [0.2, 0.25) is 0 Å². The van der Waals surface area contributed by atoms with E-state index in [2.05, 4.69) is 20.5 Å². The molecular weight excluding hydrogens is 392 g/mol. The van der Waals surface area contributed by atoms with Crippen molar-refractivity contribution >= 4 is 11.8 Å². The lowest BCUT2D eigenvalue weighted by atomic mass is 9.81. The van der Waals surface area contributed by atoms with E-state index in [0.717, 1.165) is 49.9 Å². The Morgan fingerprint density at radius 2 is 1.90 bits per heavy atom. The average molecular weight is 423 g/mol. The molecule has 0 bridgehead atoms. The van der Waals surface area contributed by atoms with Crippen LogP contribution in [0.5, 0.6) is 5.75 Å². The van der Waals surface area contributed by atoms with E-state index in [1.807, 2.05) is 37.4 Å². The summed E-state index contributed by atoms with van der Waals surface area (Å²) in [6.45, 7) is 3.65. The van der Waals surface area contributed by atoms with E-state index in [-0.39, 0.29) is 30.2 Å². The van der Waals surface area contributed by atoms with Crippen LogP contribution in [0.1, 0.15) is 53.1 Å². The molecule has 2 fully saturated rings. The molecule has 1 saturated heterocycles. The summed E-state index contributed by atoms with van der Waals surface area (Å²) in [5, 5.41) is 15.3. The molecule has 2 aliphatic rings. The fourth-order valence-electron chi connectivity index (χ4n) is 4.67. The van der Waals surface area contributed by atoms with Gasteiger partial charge < -0.3 is 15.7 Å². The summed E-state index contributed by atoms with van der Waals surface area (Å²) in [6, 6.07) is 9.85. The van der Waals surface area contributed by atoms with Crippen LogP contribution >= 0.6 is 0 Å². The van der Waals surface area contributed by atoms with Crippen molar-refractivity contribution < 1.29 is 14.7 Å². The zero-order valence-electron chi connectivity index (χ0n) is 17.9. The van der Waals surface area contributed by atoms with Gasteiger partial charge in [-0.15, -0.1) is 0 Å². The second-order valence-corrected chi connectivity index (χ2v) is 8.75. The van der Waals surface area contributed by atoms with Crippen molar-refractivity contribution in [2.24, 2.45) is 0 Å². The summed E-state index contributed by atoms with van der Waals surface area (Å²) >= 11 is 0. The highest BCUT2D eigenvalue weighted by Crippen LogP contribution is 2.36. The first-order valence-electron chi connectivity index (χ1n) is 11.0. The largest absolute Gasteiger partial charge is 0.506 e. The molecule has 1 aromatic heterocycles. The smallest absolute Gasteiger partial charge is 0.251 e. The minimum absolute atomic E-state index is 0.00760. The van der Waals surface area contributed by atoms with Crippen molar-refractivity contribution in [2.45, 2.75) is 50.6 Å². The predicted octanol–water partition coefficient (Wildman–Crippen LogP) is 2.35. The molecule has 3 N–H and O–H groups in total. The normalized spacial score (nSPS) is 21.8. The molecule has 164 valence electrons. The number of aromatic nitrogens is 1. The molecular formula is C24H30N4O3. The Kier molecular flexibility index (Phi) is 6.51. The fourth-order valence-corrected chi connectivity index (χ4v) is 4.67.